The quantitative estimate of drug-likeness (QED) is 0.848. The molecule has 0 bridgehead atoms. The van der Waals surface area contributed by atoms with Crippen molar-refractivity contribution in [2.45, 2.75) is 32.9 Å². The Balaban J connectivity index is 2.76. The second-order valence-corrected chi connectivity index (χ2v) is 4.36. The Kier molecular flexibility index (Phi) is 5.65. The lowest BCUT2D eigenvalue weighted by Crippen LogP contribution is -2.22. The summed E-state index contributed by atoms with van der Waals surface area (Å²) in [5.41, 5.74) is 0.712. The minimum atomic E-state index is -2.49. The molecule has 0 aliphatic carbocycles. The maximum atomic E-state index is 12.1. The Morgan fingerprint density at radius 1 is 1.35 bits per heavy atom. The smallest absolute Gasteiger partial charge is 0.272 e. The molecule has 0 atom stereocenters. The van der Waals surface area contributed by atoms with Crippen molar-refractivity contribution in [3.05, 3.63) is 28.8 Å². The van der Waals surface area contributed by atoms with Crippen molar-refractivity contribution in [2.75, 3.05) is 6.61 Å². The van der Waals surface area contributed by atoms with Crippen LogP contribution in [-0.4, -0.2) is 19.1 Å². The fraction of sp³-hybridized carbons (Fsp3) is 0.500. The fourth-order valence-corrected chi connectivity index (χ4v) is 1.54. The molecule has 0 fully saturated rings. The predicted octanol–water partition coefficient (Wildman–Crippen LogP) is 3.48. The van der Waals surface area contributed by atoms with Gasteiger partial charge in [-0.05, 0) is 12.1 Å². The van der Waals surface area contributed by atoms with Gasteiger partial charge in [-0.25, -0.2) is 8.78 Å². The molecule has 0 aliphatic rings. The lowest BCUT2D eigenvalue weighted by atomic mass is 10.2. The summed E-state index contributed by atoms with van der Waals surface area (Å²) in [7, 11) is 0. The van der Waals surface area contributed by atoms with Gasteiger partial charge in [0.15, 0.2) is 0 Å². The molecular weight excluding hydrogens is 248 g/mol. The largest absolute Gasteiger partial charge is 0.487 e. The van der Waals surface area contributed by atoms with Crippen molar-refractivity contribution in [1.29, 1.82) is 0 Å². The highest BCUT2D eigenvalue weighted by molar-refractivity contribution is 6.31. The van der Waals surface area contributed by atoms with Gasteiger partial charge in [0.1, 0.15) is 12.4 Å². The van der Waals surface area contributed by atoms with E-state index < -0.39 is 13.0 Å². The molecule has 0 radical (unpaired) electrons. The zero-order valence-electron chi connectivity index (χ0n) is 9.84. The molecular formula is C12H16ClF2NO. The number of hydrogen-bond acceptors (Lipinski definition) is 2. The SMILES string of the molecule is CC(C)NCc1c(Cl)cccc1OCC(F)F. The molecule has 0 saturated heterocycles. The summed E-state index contributed by atoms with van der Waals surface area (Å²) >= 11 is 6.02. The second-order valence-electron chi connectivity index (χ2n) is 3.95. The van der Waals surface area contributed by atoms with Crippen LogP contribution in [0, 0.1) is 0 Å². The van der Waals surface area contributed by atoms with Crippen LogP contribution in [0.5, 0.6) is 5.75 Å². The summed E-state index contributed by atoms with van der Waals surface area (Å²) in [6.07, 6.45) is -2.49. The molecule has 0 saturated carbocycles. The highest BCUT2D eigenvalue weighted by Gasteiger charge is 2.11. The van der Waals surface area contributed by atoms with Gasteiger partial charge in [0.05, 0.1) is 0 Å². The standard InChI is InChI=1S/C12H16ClF2NO/c1-8(2)16-6-9-10(13)4-3-5-11(9)17-7-12(14)15/h3-5,8,12,16H,6-7H2,1-2H3. The lowest BCUT2D eigenvalue weighted by molar-refractivity contribution is 0.0813. The molecule has 1 aromatic carbocycles. The molecule has 1 N–H and O–H groups in total. The number of ether oxygens (including phenoxy) is 1. The second kappa shape index (κ2) is 6.77. The van der Waals surface area contributed by atoms with Crippen molar-refractivity contribution in [1.82, 2.24) is 5.32 Å². The van der Waals surface area contributed by atoms with Gasteiger partial charge in [-0.1, -0.05) is 31.5 Å². The van der Waals surface area contributed by atoms with Crippen LogP contribution < -0.4 is 10.1 Å². The number of alkyl halides is 2. The Morgan fingerprint density at radius 2 is 2.06 bits per heavy atom. The first kappa shape index (κ1) is 14.2. The molecule has 5 heteroatoms. The van der Waals surface area contributed by atoms with Crippen molar-refractivity contribution < 1.29 is 13.5 Å². The van der Waals surface area contributed by atoms with Crippen molar-refractivity contribution in [3.8, 4) is 5.75 Å². The molecule has 0 spiro atoms. The summed E-state index contributed by atoms with van der Waals surface area (Å²) in [6, 6.07) is 5.33. The maximum Gasteiger partial charge on any atom is 0.272 e. The summed E-state index contributed by atoms with van der Waals surface area (Å²) in [6.45, 7) is 3.87. The van der Waals surface area contributed by atoms with Crippen LogP contribution in [0.15, 0.2) is 18.2 Å². The molecule has 0 amide bonds. The van der Waals surface area contributed by atoms with Gasteiger partial charge < -0.3 is 10.1 Å². The zero-order valence-corrected chi connectivity index (χ0v) is 10.6. The lowest BCUT2D eigenvalue weighted by Gasteiger charge is -2.14. The predicted molar refractivity (Wildman–Crippen MR) is 64.9 cm³/mol. The monoisotopic (exact) mass is 263 g/mol. The van der Waals surface area contributed by atoms with Crippen LogP contribution in [-0.2, 0) is 6.54 Å². The molecule has 0 heterocycles. The van der Waals surface area contributed by atoms with Gasteiger partial charge in [-0.3, -0.25) is 0 Å². The Labute approximate surface area is 105 Å². The van der Waals surface area contributed by atoms with Crippen molar-refractivity contribution >= 4 is 11.6 Å². The van der Waals surface area contributed by atoms with Crippen LogP contribution in [0.3, 0.4) is 0 Å². The topological polar surface area (TPSA) is 21.3 Å². The molecule has 96 valence electrons. The maximum absolute atomic E-state index is 12.1. The van der Waals surface area contributed by atoms with E-state index in [1.54, 1.807) is 18.2 Å². The van der Waals surface area contributed by atoms with Crippen LogP contribution in [0.2, 0.25) is 5.02 Å². The van der Waals surface area contributed by atoms with Crippen LogP contribution in [0.25, 0.3) is 0 Å². The van der Waals surface area contributed by atoms with Gasteiger partial charge in [0, 0.05) is 23.2 Å². The molecule has 0 unspecified atom stereocenters. The average Bonchev–Trinajstić information content (AvgIpc) is 2.24. The molecule has 0 aromatic heterocycles. The summed E-state index contributed by atoms with van der Waals surface area (Å²) < 4.78 is 29.2. The van der Waals surface area contributed by atoms with Crippen molar-refractivity contribution in [3.63, 3.8) is 0 Å². The number of halogens is 3. The Bertz CT molecular complexity index is 358. The van der Waals surface area contributed by atoms with E-state index in [1.165, 1.54) is 0 Å². The van der Waals surface area contributed by atoms with E-state index in [0.29, 0.717) is 22.9 Å². The Morgan fingerprint density at radius 3 is 2.65 bits per heavy atom. The molecule has 2 nitrogen and oxygen atoms in total. The average molecular weight is 264 g/mol. The number of hydrogen-bond donors (Lipinski definition) is 1. The van der Waals surface area contributed by atoms with Gasteiger partial charge >= 0.3 is 0 Å². The fourth-order valence-electron chi connectivity index (χ4n) is 1.30. The van der Waals surface area contributed by atoms with Gasteiger partial charge in [0.25, 0.3) is 6.43 Å². The highest BCUT2D eigenvalue weighted by atomic mass is 35.5. The first-order valence-electron chi connectivity index (χ1n) is 5.42. The molecule has 0 aliphatic heterocycles. The van der Waals surface area contributed by atoms with E-state index in [0.717, 1.165) is 0 Å². The third kappa shape index (κ3) is 4.88. The van der Waals surface area contributed by atoms with Gasteiger partial charge in [-0.2, -0.15) is 0 Å². The third-order valence-electron chi connectivity index (χ3n) is 2.13. The zero-order chi connectivity index (χ0) is 12.8. The van der Waals surface area contributed by atoms with E-state index in [1.807, 2.05) is 13.8 Å². The first-order valence-corrected chi connectivity index (χ1v) is 5.80. The van der Waals surface area contributed by atoms with Crippen molar-refractivity contribution in [2.24, 2.45) is 0 Å². The molecule has 1 rings (SSSR count). The van der Waals surface area contributed by atoms with E-state index in [4.69, 9.17) is 16.3 Å². The number of nitrogens with one attached hydrogen (secondary N) is 1. The summed E-state index contributed by atoms with van der Waals surface area (Å²) in [5, 5.41) is 3.70. The van der Waals surface area contributed by atoms with E-state index in [-0.39, 0.29) is 6.04 Å². The van der Waals surface area contributed by atoms with E-state index in [2.05, 4.69) is 5.32 Å². The third-order valence-corrected chi connectivity index (χ3v) is 2.48. The van der Waals surface area contributed by atoms with Gasteiger partial charge in [-0.15, -0.1) is 0 Å². The number of rotatable bonds is 6. The Hall–Kier alpha value is -0.870. The summed E-state index contributed by atoms with van der Waals surface area (Å²) in [5.74, 6) is 0.408. The normalized spacial score (nSPS) is 11.2. The van der Waals surface area contributed by atoms with E-state index in [9.17, 15) is 8.78 Å². The van der Waals surface area contributed by atoms with E-state index >= 15 is 0 Å². The van der Waals surface area contributed by atoms with Crippen LogP contribution in [0.4, 0.5) is 8.78 Å². The minimum absolute atomic E-state index is 0.286. The number of benzene rings is 1. The van der Waals surface area contributed by atoms with Crippen LogP contribution in [0.1, 0.15) is 19.4 Å². The van der Waals surface area contributed by atoms with Gasteiger partial charge in [0.2, 0.25) is 0 Å². The first-order chi connectivity index (χ1) is 8.00. The minimum Gasteiger partial charge on any atom is -0.487 e. The molecule has 1 aromatic rings. The highest BCUT2D eigenvalue weighted by Crippen LogP contribution is 2.26. The summed E-state index contributed by atoms with van der Waals surface area (Å²) in [4.78, 5) is 0. The van der Waals surface area contributed by atoms with Crippen LogP contribution >= 0.6 is 11.6 Å². The molecule has 17 heavy (non-hydrogen) atoms.